The Morgan fingerprint density at radius 3 is 2.95 bits per heavy atom. The zero-order valence-corrected chi connectivity index (χ0v) is 12.1. The fourth-order valence-corrected chi connectivity index (χ4v) is 1.78. The summed E-state index contributed by atoms with van der Waals surface area (Å²) in [5.74, 6) is 0.605. The Labute approximate surface area is 122 Å². The molecule has 1 aromatic heterocycles. The van der Waals surface area contributed by atoms with Gasteiger partial charge >= 0.3 is 0 Å². The van der Waals surface area contributed by atoms with E-state index in [4.69, 9.17) is 14.0 Å². The van der Waals surface area contributed by atoms with Crippen LogP contribution in [0.25, 0.3) is 0 Å². The highest BCUT2D eigenvalue weighted by atomic mass is 19.1. The number of halogens is 1. The third-order valence-electron chi connectivity index (χ3n) is 2.76. The molecule has 2 rings (SSSR count). The number of nitrogens with one attached hydrogen (secondary N) is 1. The summed E-state index contributed by atoms with van der Waals surface area (Å²) in [6.07, 6.45) is 0. The van der Waals surface area contributed by atoms with Gasteiger partial charge in [0.05, 0.1) is 6.61 Å². The molecule has 114 valence electrons. The standard InChI is InChI=1S/C14H18FN3O3/c1-10-17-13(21-18-10)9-20-14-11(4-3-5-12(14)15)8-16-6-7-19-2/h3-5,16H,6-9H2,1-2H3. The molecule has 6 nitrogen and oxygen atoms in total. The van der Waals surface area contributed by atoms with Gasteiger partial charge < -0.3 is 19.3 Å². The molecule has 0 amide bonds. The first-order chi connectivity index (χ1) is 10.2. The Balaban J connectivity index is 1.99. The second kappa shape index (κ2) is 7.70. The maximum atomic E-state index is 13.9. The average Bonchev–Trinajstić information content (AvgIpc) is 2.88. The number of ether oxygens (including phenoxy) is 2. The molecule has 0 spiro atoms. The second-order valence-corrected chi connectivity index (χ2v) is 4.42. The van der Waals surface area contributed by atoms with E-state index in [1.54, 1.807) is 26.2 Å². The summed E-state index contributed by atoms with van der Waals surface area (Å²) in [5, 5.41) is 6.81. The van der Waals surface area contributed by atoms with E-state index in [0.717, 1.165) is 5.56 Å². The van der Waals surface area contributed by atoms with Gasteiger partial charge in [-0.2, -0.15) is 4.98 Å². The van der Waals surface area contributed by atoms with Crippen LogP contribution in [0.2, 0.25) is 0 Å². The molecule has 0 saturated heterocycles. The normalized spacial score (nSPS) is 10.8. The van der Waals surface area contributed by atoms with Crippen molar-refractivity contribution in [2.45, 2.75) is 20.1 Å². The minimum Gasteiger partial charge on any atom is -0.480 e. The molecule has 0 aliphatic heterocycles. The molecule has 0 fully saturated rings. The highest BCUT2D eigenvalue weighted by Gasteiger charge is 2.12. The van der Waals surface area contributed by atoms with Gasteiger partial charge in [0, 0.05) is 25.8 Å². The molecular formula is C14H18FN3O3. The molecule has 7 heteroatoms. The lowest BCUT2D eigenvalue weighted by Gasteiger charge is -2.11. The van der Waals surface area contributed by atoms with Crippen molar-refractivity contribution in [3.05, 3.63) is 41.3 Å². The van der Waals surface area contributed by atoms with Gasteiger partial charge in [-0.1, -0.05) is 17.3 Å². The Morgan fingerprint density at radius 2 is 2.24 bits per heavy atom. The number of hydrogen-bond acceptors (Lipinski definition) is 6. The van der Waals surface area contributed by atoms with Crippen LogP contribution in [0.15, 0.2) is 22.7 Å². The molecule has 0 aliphatic rings. The van der Waals surface area contributed by atoms with Crippen LogP contribution < -0.4 is 10.1 Å². The maximum Gasteiger partial charge on any atom is 0.264 e. The van der Waals surface area contributed by atoms with Crippen LogP contribution >= 0.6 is 0 Å². The highest BCUT2D eigenvalue weighted by Crippen LogP contribution is 2.23. The van der Waals surface area contributed by atoms with E-state index in [0.29, 0.717) is 31.4 Å². The van der Waals surface area contributed by atoms with Crippen LogP contribution in [0.5, 0.6) is 5.75 Å². The molecule has 21 heavy (non-hydrogen) atoms. The van der Waals surface area contributed by atoms with Crippen LogP contribution in [0.3, 0.4) is 0 Å². The predicted octanol–water partition coefficient (Wildman–Crippen LogP) is 1.83. The van der Waals surface area contributed by atoms with Gasteiger partial charge in [0.1, 0.15) is 0 Å². The molecule has 1 aromatic carbocycles. The zero-order valence-electron chi connectivity index (χ0n) is 12.1. The van der Waals surface area contributed by atoms with Gasteiger partial charge in [-0.05, 0) is 13.0 Å². The average molecular weight is 295 g/mol. The van der Waals surface area contributed by atoms with Gasteiger partial charge in [-0.25, -0.2) is 4.39 Å². The number of nitrogens with zero attached hydrogens (tertiary/aromatic N) is 2. The number of methoxy groups -OCH3 is 1. The van der Waals surface area contributed by atoms with E-state index in [9.17, 15) is 4.39 Å². The largest absolute Gasteiger partial charge is 0.480 e. The number of hydrogen-bond donors (Lipinski definition) is 1. The van der Waals surface area contributed by atoms with Crippen molar-refractivity contribution in [2.75, 3.05) is 20.3 Å². The van der Waals surface area contributed by atoms with Crippen molar-refractivity contribution in [3.63, 3.8) is 0 Å². The molecule has 0 unspecified atom stereocenters. The molecular weight excluding hydrogens is 277 g/mol. The van der Waals surface area contributed by atoms with Crippen LogP contribution in [0.4, 0.5) is 4.39 Å². The van der Waals surface area contributed by atoms with Crippen molar-refractivity contribution in [1.29, 1.82) is 0 Å². The maximum absolute atomic E-state index is 13.9. The van der Waals surface area contributed by atoms with Crippen LogP contribution in [0.1, 0.15) is 17.3 Å². The van der Waals surface area contributed by atoms with Crippen molar-refractivity contribution in [3.8, 4) is 5.75 Å². The molecule has 0 bridgehead atoms. The summed E-state index contributed by atoms with van der Waals surface area (Å²) < 4.78 is 29.3. The van der Waals surface area contributed by atoms with Crippen molar-refractivity contribution >= 4 is 0 Å². The lowest BCUT2D eigenvalue weighted by atomic mass is 10.2. The smallest absolute Gasteiger partial charge is 0.264 e. The van der Waals surface area contributed by atoms with Gasteiger partial charge in [0.15, 0.2) is 24.0 Å². The number of para-hydroxylation sites is 1. The lowest BCUT2D eigenvalue weighted by Crippen LogP contribution is -2.19. The summed E-state index contributed by atoms with van der Waals surface area (Å²) in [7, 11) is 1.63. The first kappa shape index (κ1) is 15.4. The summed E-state index contributed by atoms with van der Waals surface area (Å²) in [5.41, 5.74) is 0.724. The van der Waals surface area contributed by atoms with Crippen molar-refractivity contribution in [1.82, 2.24) is 15.5 Å². The second-order valence-electron chi connectivity index (χ2n) is 4.42. The first-order valence-corrected chi connectivity index (χ1v) is 6.59. The Morgan fingerprint density at radius 1 is 1.38 bits per heavy atom. The molecule has 0 aliphatic carbocycles. The summed E-state index contributed by atoms with van der Waals surface area (Å²) in [4.78, 5) is 4.01. The number of benzene rings is 1. The van der Waals surface area contributed by atoms with E-state index in [1.165, 1.54) is 6.07 Å². The summed E-state index contributed by atoms with van der Waals surface area (Å²) >= 11 is 0. The number of aromatic nitrogens is 2. The fourth-order valence-electron chi connectivity index (χ4n) is 1.78. The van der Waals surface area contributed by atoms with Gasteiger partial charge in [-0.15, -0.1) is 0 Å². The van der Waals surface area contributed by atoms with Crippen molar-refractivity contribution in [2.24, 2.45) is 0 Å². The van der Waals surface area contributed by atoms with Crippen LogP contribution in [-0.2, 0) is 17.9 Å². The minimum atomic E-state index is -0.419. The van der Waals surface area contributed by atoms with E-state index in [-0.39, 0.29) is 12.4 Å². The van der Waals surface area contributed by atoms with Gasteiger partial charge in [-0.3, -0.25) is 0 Å². The van der Waals surface area contributed by atoms with Crippen molar-refractivity contribution < 1.29 is 18.4 Å². The lowest BCUT2D eigenvalue weighted by molar-refractivity contribution is 0.198. The fraction of sp³-hybridized carbons (Fsp3) is 0.429. The summed E-state index contributed by atoms with van der Waals surface area (Å²) in [6.45, 7) is 3.50. The molecule has 2 aromatic rings. The monoisotopic (exact) mass is 295 g/mol. The highest BCUT2D eigenvalue weighted by molar-refractivity contribution is 5.34. The molecule has 0 saturated carbocycles. The number of aryl methyl sites for hydroxylation is 1. The summed E-state index contributed by atoms with van der Waals surface area (Å²) in [6, 6.07) is 4.80. The molecule has 1 N–H and O–H groups in total. The Kier molecular flexibility index (Phi) is 5.65. The molecule has 1 heterocycles. The third kappa shape index (κ3) is 4.51. The molecule has 0 radical (unpaired) electrons. The first-order valence-electron chi connectivity index (χ1n) is 6.59. The minimum absolute atomic E-state index is 0.0346. The number of rotatable bonds is 8. The van der Waals surface area contributed by atoms with E-state index >= 15 is 0 Å². The van der Waals surface area contributed by atoms with E-state index in [2.05, 4.69) is 15.5 Å². The zero-order chi connectivity index (χ0) is 15.1. The van der Waals surface area contributed by atoms with E-state index < -0.39 is 5.82 Å². The van der Waals surface area contributed by atoms with Crippen LogP contribution in [0, 0.1) is 12.7 Å². The van der Waals surface area contributed by atoms with Gasteiger partial charge in [0.25, 0.3) is 5.89 Å². The topological polar surface area (TPSA) is 69.4 Å². The van der Waals surface area contributed by atoms with Crippen LogP contribution in [-0.4, -0.2) is 30.4 Å². The molecule has 0 atom stereocenters. The van der Waals surface area contributed by atoms with Gasteiger partial charge in [0.2, 0.25) is 0 Å². The SMILES string of the molecule is COCCNCc1cccc(F)c1OCc1nc(C)no1. The Bertz CT molecular complexity index is 574. The third-order valence-corrected chi connectivity index (χ3v) is 2.76. The quantitative estimate of drug-likeness (QED) is 0.749. The van der Waals surface area contributed by atoms with E-state index in [1.807, 2.05) is 0 Å². The Hall–Kier alpha value is -1.99. The predicted molar refractivity (Wildman–Crippen MR) is 73.3 cm³/mol.